The summed E-state index contributed by atoms with van der Waals surface area (Å²) in [6.45, 7) is 8.02. The maximum Gasteiger partial charge on any atom is 0.239 e. The molecule has 0 aliphatic carbocycles. The molecule has 15 heavy (non-hydrogen) atoms. The highest BCUT2D eigenvalue weighted by Crippen LogP contribution is 2.11. The average molecular weight is 214 g/mol. The van der Waals surface area contributed by atoms with Gasteiger partial charge in [-0.2, -0.15) is 0 Å². The van der Waals surface area contributed by atoms with Crippen molar-refractivity contribution in [2.45, 2.75) is 39.3 Å². The van der Waals surface area contributed by atoms with E-state index in [0.717, 1.165) is 6.42 Å². The van der Waals surface area contributed by atoms with Crippen molar-refractivity contribution in [1.82, 2.24) is 4.90 Å². The standard InChI is InChI=1S/C11H22N2O2/c1-4-9-7-13(5-6-15-9)11(14)10(12)8(2)3/h8-10H,4-7,12H2,1-3H3/t9?,10-/m1/s1. The summed E-state index contributed by atoms with van der Waals surface area (Å²) in [5.74, 6) is 0.257. The Balaban J connectivity index is 2.52. The zero-order chi connectivity index (χ0) is 11.4. The zero-order valence-corrected chi connectivity index (χ0v) is 9.90. The second-order valence-electron chi connectivity index (χ2n) is 4.46. The molecule has 0 aromatic heterocycles. The van der Waals surface area contributed by atoms with E-state index >= 15 is 0 Å². The van der Waals surface area contributed by atoms with E-state index < -0.39 is 0 Å². The van der Waals surface area contributed by atoms with E-state index in [1.165, 1.54) is 0 Å². The molecule has 1 saturated heterocycles. The number of amides is 1. The Morgan fingerprint density at radius 1 is 1.60 bits per heavy atom. The second-order valence-corrected chi connectivity index (χ2v) is 4.46. The van der Waals surface area contributed by atoms with Gasteiger partial charge in [0.15, 0.2) is 0 Å². The predicted molar refractivity (Wildman–Crippen MR) is 59.4 cm³/mol. The minimum absolute atomic E-state index is 0.0618. The number of carbonyl (C=O) groups excluding carboxylic acids is 1. The van der Waals surface area contributed by atoms with E-state index in [2.05, 4.69) is 6.92 Å². The highest BCUT2D eigenvalue weighted by molar-refractivity contribution is 5.82. The lowest BCUT2D eigenvalue weighted by Gasteiger charge is -2.34. The van der Waals surface area contributed by atoms with Crippen molar-refractivity contribution in [3.05, 3.63) is 0 Å². The van der Waals surface area contributed by atoms with Gasteiger partial charge >= 0.3 is 0 Å². The summed E-state index contributed by atoms with van der Waals surface area (Å²) in [4.78, 5) is 13.8. The molecule has 0 bridgehead atoms. The van der Waals surface area contributed by atoms with Crippen molar-refractivity contribution in [1.29, 1.82) is 0 Å². The molecule has 1 unspecified atom stereocenters. The topological polar surface area (TPSA) is 55.6 Å². The van der Waals surface area contributed by atoms with Crippen LogP contribution >= 0.6 is 0 Å². The second kappa shape index (κ2) is 5.47. The van der Waals surface area contributed by atoms with Crippen LogP contribution in [0.2, 0.25) is 0 Å². The fourth-order valence-corrected chi connectivity index (χ4v) is 1.66. The maximum atomic E-state index is 11.9. The lowest BCUT2D eigenvalue weighted by Crippen LogP contribution is -2.52. The molecule has 2 atom stereocenters. The lowest BCUT2D eigenvalue weighted by atomic mass is 10.0. The first kappa shape index (κ1) is 12.5. The number of hydrogen-bond acceptors (Lipinski definition) is 3. The Morgan fingerprint density at radius 3 is 2.80 bits per heavy atom. The van der Waals surface area contributed by atoms with Gasteiger partial charge in [-0.1, -0.05) is 20.8 Å². The summed E-state index contributed by atoms with van der Waals surface area (Å²) in [5.41, 5.74) is 5.85. The van der Waals surface area contributed by atoms with Gasteiger partial charge in [-0.05, 0) is 12.3 Å². The van der Waals surface area contributed by atoms with Crippen molar-refractivity contribution < 1.29 is 9.53 Å². The van der Waals surface area contributed by atoms with Gasteiger partial charge in [0.1, 0.15) is 0 Å². The smallest absolute Gasteiger partial charge is 0.239 e. The van der Waals surface area contributed by atoms with Crippen molar-refractivity contribution >= 4 is 5.91 Å². The number of morpholine rings is 1. The largest absolute Gasteiger partial charge is 0.375 e. The first-order valence-corrected chi connectivity index (χ1v) is 5.72. The SMILES string of the molecule is CCC1CN(C(=O)[C@H](N)C(C)C)CCO1. The molecule has 1 aliphatic heterocycles. The Morgan fingerprint density at radius 2 is 2.27 bits per heavy atom. The Hall–Kier alpha value is -0.610. The molecule has 1 aliphatic rings. The summed E-state index contributed by atoms with van der Waals surface area (Å²) in [5, 5.41) is 0. The van der Waals surface area contributed by atoms with E-state index in [1.54, 1.807) is 0 Å². The van der Waals surface area contributed by atoms with Crippen molar-refractivity contribution in [3.8, 4) is 0 Å². The molecule has 0 aromatic carbocycles. The van der Waals surface area contributed by atoms with Crippen LogP contribution < -0.4 is 5.73 Å². The maximum absolute atomic E-state index is 11.9. The van der Waals surface area contributed by atoms with Gasteiger partial charge in [-0.15, -0.1) is 0 Å². The number of carbonyl (C=O) groups is 1. The molecule has 1 heterocycles. The quantitative estimate of drug-likeness (QED) is 0.749. The number of hydrogen-bond donors (Lipinski definition) is 1. The zero-order valence-electron chi connectivity index (χ0n) is 9.90. The van der Waals surface area contributed by atoms with Crippen LogP contribution in [-0.4, -0.2) is 42.6 Å². The third-order valence-corrected chi connectivity index (χ3v) is 2.91. The van der Waals surface area contributed by atoms with Gasteiger partial charge in [0.25, 0.3) is 0 Å². The van der Waals surface area contributed by atoms with Crippen LogP contribution in [0.25, 0.3) is 0 Å². The van der Waals surface area contributed by atoms with E-state index in [1.807, 2.05) is 18.7 Å². The van der Waals surface area contributed by atoms with Crippen LogP contribution in [0, 0.1) is 5.92 Å². The van der Waals surface area contributed by atoms with Crippen molar-refractivity contribution in [3.63, 3.8) is 0 Å². The van der Waals surface area contributed by atoms with Gasteiger partial charge < -0.3 is 15.4 Å². The van der Waals surface area contributed by atoms with Crippen LogP contribution in [0.3, 0.4) is 0 Å². The van der Waals surface area contributed by atoms with Gasteiger partial charge in [-0.25, -0.2) is 0 Å². The minimum atomic E-state index is -0.374. The molecule has 1 fully saturated rings. The Kier molecular flexibility index (Phi) is 4.54. The van der Waals surface area contributed by atoms with Gasteiger partial charge in [0.05, 0.1) is 18.8 Å². The van der Waals surface area contributed by atoms with Crippen LogP contribution in [0.5, 0.6) is 0 Å². The molecule has 0 aromatic rings. The monoisotopic (exact) mass is 214 g/mol. The molecule has 4 heteroatoms. The van der Waals surface area contributed by atoms with Crippen molar-refractivity contribution in [2.24, 2.45) is 11.7 Å². The number of rotatable bonds is 3. The summed E-state index contributed by atoms with van der Waals surface area (Å²) in [7, 11) is 0. The molecular weight excluding hydrogens is 192 g/mol. The van der Waals surface area contributed by atoms with Gasteiger partial charge in [0.2, 0.25) is 5.91 Å². The van der Waals surface area contributed by atoms with Crippen LogP contribution in [0.1, 0.15) is 27.2 Å². The van der Waals surface area contributed by atoms with E-state index in [-0.39, 0.29) is 24.0 Å². The lowest BCUT2D eigenvalue weighted by molar-refractivity contribution is -0.141. The fourth-order valence-electron chi connectivity index (χ4n) is 1.66. The first-order chi connectivity index (χ1) is 7.06. The summed E-state index contributed by atoms with van der Waals surface area (Å²) in [6, 6.07) is -0.374. The Bertz CT molecular complexity index is 219. The Labute approximate surface area is 91.8 Å². The molecule has 1 rings (SSSR count). The third kappa shape index (κ3) is 3.18. The van der Waals surface area contributed by atoms with E-state index in [4.69, 9.17) is 10.5 Å². The fraction of sp³-hybridized carbons (Fsp3) is 0.909. The summed E-state index contributed by atoms with van der Waals surface area (Å²) >= 11 is 0. The average Bonchev–Trinajstić information content (AvgIpc) is 2.27. The molecule has 2 N–H and O–H groups in total. The number of ether oxygens (including phenoxy) is 1. The molecule has 0 saturated carbocycles. The van der Waals surface area contributed by atoms with E-state index in [9.17, 15) is 4.79 Å². The number of nitrogens with zero attached hydrogens (tertiary/aromatic N) is 1. The van der Waals surface area contributed by atoms with Crippen LogP contribution in [-0.2, 0) is 9.53 Å². The summed E-state index contributed by atoms with van der Waals surface area (Å²) < 4.78 is 5.51. The number of nitrogens with two attached hydrogens (primary N) is 1. The summed E-state index contributed by atoms with van der Waals surface area (Å²) in [6.07, 6.45) is 1.13. The third-order valence-electron chi connectivity index (χ3n) is 2.91. The van der Waals surface area contributed by atoms with Crippen LogP contribution in [0.15, 0.2) is 0 Å². The van der Waals surface area contributed by atoms with Gasteiger partial charge in [0, 0.05) is 13.1 Å². The van der Waals surface area contributed by atoms with E-state index in [0.29, 0.717) is 19.7 Å². The molecule has 0 radical (unpaired) electrons. The highest BCUT2D eigenvalue weighted by Gasteiger charge is 2.27. The first-order valence-electron chi connectivity index (χ1n) is 5.72. The van der Waals surface area contributed by atoms with Crippen molar-refractivity contribution in [2.75, 3.05) is 19.7 Å². The predicted octanol–water partition coefficient (Wildman–Crippen LogP) is 0.607. The molecule has 88 valence electrons. The molecule has 1 amide bonds. The normalized spacial score (nSPS) is 24.3. The van der Waals surface area contributed by atoms with Gasteiger partial charge in [-0.3, -0.25) is 4.79 Å². The highest BCUT2D eigenvalue weighted by atomic mass is 16.5. The minimum Gasteiger partial charge on any atom is -0.375 e. The van der Waals surface area contributed by atoms with Crippen LogP contribution in [0.4, 0.5) is 0 Å². The molecule has 4 nitrogen and oxygen atoms in total. The molecular formula is C11H22N2O2. The molecule has 0 spiro atoms.